The fourth-order valence-electron chi connectivity index (χ4n) is 4.79. The first-order valence-corrected chi connectivity index (χ1v) is 11.7. The predicted molar refractivity (Wildman–Crippen MR) is 134 cm³/mol. The molecule has 0 amide bonds. The van der Waals surface area contributed by atoms with Crippen LogP contribution >= 0.6 is 0 Å². The van der Waals surface area contributed by atoms with Crippen LogP contribution in [0.4, 0.5) is 0 Å². The van der Waals surface area contributed by atoms with Gasteiger partial charge in [-0.3, -0.25) is 4.99 Å². The van der Waals surface area contributed by atoms with Crippen LogP contribution in [0.15, 0.2) is 88.1 Å². The van der Waals surface area contributed by atoms with Crippen molar-refractivity contribution in [2.75, 3.05) is 6.54 Å². The Balaban J connectivity index is 0.00000112. The molecule has 0 bridgehead atoms. The van der Waals surface area contributed by atoms with E-state index in [0.717, 1.165) is 37.1 Å². The smallest absolute Gasteiger partial charge is 0.0979 e. The van der Waals surface area contributed by atoms with E-state index in [9.17, 15) is 0 Å². The first-order chi connectivity index (χ1) is 15.2. The summed E-state index contributed by atoms with van der Waals surface area (Å²) in [5, 5.41) is 6.45. The Morgan fingerprint density at radius 3 is 2.55 bits per heavy atom. The van der Waals surface area contributed by atoms with E-state index >= 15 is 0 Å². The third-order valence-corrected chi connectivity index (χ3v) is 6.40. The second kappa shape index (κ2) is 9.51. The maximum absolute atomic E-state index is 4.59. The second-order valence-corrected chi connectivity index (χ2v) is 8.45. The van der Waals surface area contributed by atoms with Gasteiger partial charge >= 0.3 is 0 Å². The highest BCUT2D eigenvalue weighted by atomic mass is 15.0. The summed E-state index contributed by atoms with van der Waals surface area (Å²) in [4.78, 5) is 4.59. The molecular formula is C29H34N2. The van der Waals surface area contributed by atoms with Crippen LogP contribution in [0.1, 0.15) is 47.0 Å². The normalized spacial score (nSPS) is 28.6. The zero-order valence-electron chi connectivity index (χ0n) is 19.3. The fraction of sp³-hybridized carbons (Fsp3) is 0.345. The van der Waals surface area contributed by atoms with E-state index in [0.29, 0.717) is 0 Å². The molecule has 2 heteroatoms. The third kappa shape index (κ3) is 4.58. The van der Waals surface area contributed by atoms with Gasteiger partial charge in [0.1, 0.15) is 0 Å². The minimum absolute atomic E-state index is 0.718. The number of hydrogen-bond acceptors (Lipinski definition) is 2. The van der Waals surface area contributed by atoms with Crippen molar-refractivity contribution in [2.24, 2.45) is 16.8 Å². The summed E-state index contributed by atoms with van der Waals surface area (Å²) in [6.45, 7) is 8.95. The number of fused-ring (bicyclic) bond motifs is 2. The van der Waals surface area contributed by atoms with Gasteiger partial charge in [-0.2, -0.15) is 0 Å². The highest BCUT2D eigenvalue weighted by Crippen LogP contribution is 2.50. The second-order valence-electron chi connectivity index (χ2n) is 8.45. The molecule has 160 valence electrons. The molecule has 5 rings (SSSR count). The van der Waals surface area contributed by atoms with Gasteiger partial charge in [0.05, 0.1) is 12.4 Å². The topological polar surface area (TPSA) is 24.4 Å². The van der Waals surface area contributed by atoms with E-state index in [1.165, 1.54) is 39.3 Å². The summed E-state index contributed by atoms with van der Waals surface area (Å²) in [6.07, 6.45) is 19.1. The molecular weight excluding hydrogens is 376 g/mol. The number of allylic oxidation sites excluding steroid dienone is 8. The van der Waals surface area contributed by atoms with Crippen molar-refractivity contribution < 1.29 is 0 Å². The van der Waals surface area contributed by atoms with Crippen molar-refractivity contribution in [2.45, 2.75) is 47.0 Å². The number of nitrogens with one attached hydrogen (secondary N) is 1. The van der Waals surface area contributed by atoms with E-state index < -0.39 is 0 Å². The summed E-state index contributed by atoms with van der Waals surface area (Å²) in [5.41, 5.74) is 6.97. The molecule has 2 nitrogen and oxygen atoms in total. The fourth-order valence-corrected chi connectivity index (χ4v) is 4.79. The minimum Gasteiger partial charge on any atom is -0.344 e. The molecule has 31 heavy (non-hydrogen) atoms. The van der Waals surface area contributed by atoms with Crippen LogP contribution in [0.5, 0.6) is 0 Å². The zero-order chi connectivity index (χ0) is 21.8. The molecule has 0 radical (unpaired) electrons. The van der Waals surface area contributed by atoms with Crippen LogP contribution < -0.4 is 15.8 Å². The van der Waals surface area contributed by atoms with Gasteiger partial charge in [-0.25, -0.2) is 0 Å². The Morgan fingerprint density at radius 2 is 1.74 bits per heavy atom. The molecule has 3 aliphatic carbocycles. The highest BCUT2D eigenvalue weighted by Gasteiger charge is 2.41. The molecule has 1 aromatic carbocycles. The molecule has 1 N–H and O–H groups in total. The standard InChI is InChI=1S/C27H28N2.C2H6/c1-18-8-4-3-7-15-28-19(2)29-27(18)21-13-11-20(12-14-21)26-24-10-6-5-9-22(24)16-23-17-25(23)26;1-2/h3-11,13,16,23,25H,12,14-15,17H2,1-2H3,(H,28,29);1-2H3/b7-3+,8-4-,27-18+;. The van der Waals surface area contributed by atoms with E-state index in [1.54, 1.807) is 5.57 Å². The first kappa shape index (κ1) is 21.4. The summed E-state index contributed by atoms with van der Waals surface area (Å²) in [7, 11) is 0. The van der Waals surface area contributed by atoms with E-state index in [4.69, 9.17) is 0 Å². The Morgan fingerprint density at radius 1 is 0.968 bits per heavy atom. The Labute approximate surface area is 186 Å². The van der Waals surface area contributed by atoms with Crippen LogP contribution in [0.25, 0.3) is 11.6 Å². The maximum atomic E-state index is 4.59. The molecule has 1 heterocycles. The first-order valence-electron chi connectivity index (χ1n) is 11.7. The van der Waals surface area contributed by atoms with Crippen LogP contribution in [0.2, 0.25) is 0 Å². The van der Waals surface area contributed by atoms with Gasteiger partial charge in [0.15, 0.2) is 0 Å². The Bertz CT molecular complexity index is 1150. The van der Waals surface area contributed by atoms with Gasteiger partial charge in [-0.1, -0.05) is 80.6 Å². The number of hydrogen-bond donors (Lipinski definition) is 1. The lowest BCUT2D eigenvalue weighted by Crippen LogP contribution is -2.31. The van der Waals surface area contributed by atoms with E-state index in [-0.39, 0.29) is 0 Å². The molecule has 0 saturated heterocycles. The predicted octanol–water partition coefficient (Wildman–Crippen LogP) is 5.35. The van der Waals surface area contributed by atoms with Gasteiger partial charge in [-0.15, -0.1) is 0 Å². The lowest BCUT2D eigenvalue weighted by atomic mass is 9.85. The van der Waals surface area contributed by atoms with Crippen molar-refractivity contribution in [3.05, 3.63) is 93.6 Å². The SMILES string of the molecule is CC.CC1=NC/C=C/C=C\C(C)=C(/C2=CC=C(C3=c4ccccc4=CC4CC34)CC2)N1. The molecule has 0 aromatic heterocycles. The highest BCUT2D eigenvalue weighted by molar-refractivity contribution is 5.83. The number of benzene rings is 1. The average molecular weight is 411 g/mol. The number of amidine groups is 1. The molecule has 2 unspecified atom stereocenters. The maximum Gasteiger partial charge on any atom is 0.0979 e. The van der Waals surface area contributed by atoms with Crippen molar-refractivity contribution in [3.8, 4) is 0 Å². The van der Waals surface area contributed by atoms with Gasteiger partial charge in [0.25, 0.3) is 0 Å². The molecule has 1 saturated carbocycles. The molecule has 4 aliphatic rings. The van der Waals surface area contributed by atoms with Gasteiger partial charge < -0.3 is 5.32 Å². The lowest BCUT2D eigenvalue weighted by Gasteiger charge is -2.22. The van der Waals surface area contributed by atoms with Gasteiger partial charge in [-0.05, 0) is 77.7 Å². The molecule has 1 fully saturated rings. The quantitative estimate of drug-likeness (QED) is 0.698. The van der Waals surface area contributed by atoms with Crippen molar-refractivity contribution in [3.63, 3.8) is 0 Å². The van der Waals surface area contributed by atoms with Crippen LogP contribution in [-0.4, -0.2) is 12.4 Å². The van der Waals surface area contributed by atoms with Crippen molar-refractivity contribution in [1.29, 1.82) is 0 Å². The van der Waals surface area contributed by atoms with E-state index in [1.807, 2.05) is 13.8 Å². The lowest BCUT2D eigenvalue weighted by molar-refractivity contribution is 0.883. The van der Waals surface area contributed by atoms with Gasteiger partial charge in [0.2, 0.25) is 0 Å². The molecule has 1 aliphatic heterocycles. The number of nitrogens with zero attached hydrogens (tertiary/aromatic N) is 1. The molecule has 1 aromatic rings. The van der Waals surface area contributed by atoms with Crippen LogP contribution in [0.3, 0.4) is 0 Å². The van der Waals surface area contributed by atoms with Crippen LogP contribution in [0, 0.1) is 11.8 Å². The Kier molecular flexibility index (Phi) is 6.56. The minimum atomic E-state index is 0.718. The summed E-state index contributed by atoms with van der Waals surface area (Å²) >= 11 is 0. The molecule has 2 atom stereocenters. The summed E-state index contributed by atoms with van der Waals surface area (Å²) in [6, 6.07) is 8.93. The van der Waals surface area contributed by atoms with Crippen LogP contribution in [-0.2, 0) is 0 Å². The van der Waals surface area contributed by atoms with Crippen molar-refractivity contribution in [1.82, 2.24) is 5.32 Å². The average Bonchev–Trinajstić information content (AvgIpc) is 3.58. The summed E-state index contributed by atoms with van der Waals surface area (Å²) in [5.74, 6) is 2.47. The van der Waals surface area contributed by atoms with Gasteiger partial charge in [0, 0.05) is 5.70 Å². The largest absolute Gasteiger partial charge is 0.344 e. The van der Waals surface area contributed by atoms with E-state index in [2.05, 4.69) is 91.0 Å². The third-order valence-electron chi connectivity index (χ3n) is 6.40. The summed E-state index contributed by atoms with van der Waals surface area (Å²) < 4.78 is 0. The number of rotatable bonds is 2. The zero-order valence-corrected chi connectivity index (χ0v) is 19.3. The number of aliphatic imine (C=N–C) groups is 1. The molecule has 0 spiro atoms. The monoisotopic (exact) mass is 410 g/mol. The Hall–Kier alpha value is -2.87. The van der Waals surface area contributed by atoms with Crippen molar-refractivity contribution >= 4 is 17.5 Å².